The Hall–Kier alpha value is -2.18. The lowest BCUT2D eigenvalue weighted by molar-refractivity contribution is 0.388. The minimum atomic E-state index is 0.488. The first kappa shape index (κ1) is 11.9. The molecule has 100 valence electrons. The van der Waals surface area contributed by atoms with Gasteiger partial charge in [0.1, 0.15) is 17.5 Å². The summed E-state index contributed by atoms with van der Waals surface area (Å²) in [7, 11) is 1.85. The first-order chi connectivity index (χ1) is 9.24. The van der Waals surface area contributed by atoms with E-state index in [9.17, 15) is 0 Å². The fourth-order valence-corrected chi connectivity index (χ4v) is 1.79. The molecule has 0 aliphatic heterocycles. The number of rotatable bonds is 5. The Morgan fingerprint density at radius 2 is 2.05 bits per heavy atom. The normalized spacial score (nSPS) is 14.4. The summed E-state index contributed by atoms with van der Waals surface area (Å²) in [5, 5.41) is 10.1. The molecule has 0 spiro atoms. The lowest BCUT2D eigenvalue weighted by Crippen LogP contribution is -2.07. The van der Waals surface area contributed by atoms with Crippen LogP contribution in [0.25, 0.3) is 0 Å². The van der Waals surface area contributed by atoms with E-state index in [0.29, 0.717) is 24.2 Å². The average molecular weight is 260 g/mol. The van der Waals surface area contributed by atoms with Crippen LogP contribution in [0.5, 0.6) is 0 Å². The van der Waals surface area contributed by atoms with Gasteiger partial charge in [-0.15, -0.1) is 0 Å². The van der Waals surface area contributed by atoms with Gasteiger partial charge < -0.3 is 15.2 Å². The lowest BCUT2D eigenvalue weighted by atomic mass is 10.3. The number of aromatic nitrogens is 4. The molecular weight excluding hydrogens is 244 g/mol. The highest BCUT2D eigenvalue weighted by molar-refractivity contribution is 5.47. The number of aryl methyl sites for hydroxylation is 1. The molecule has 2 aromatic rings. The van der Waals surface area contributed by atoms with Crippen LogP contribution in [0.15, 0.2) is 10.6 Å². The Morgan fingerprint density at radius 3 is 2.68 bits per heavy atom. The van der Waals surface area contributed by atoms with E-state index >= 15 is 0 Å². The first-order valence-electron chi connectivity index (χ1n) is 6.34. The molecule has 1 aliphatic rings. The molecule has 2 aromatic heterocycles. The maximum Gasteiger partial charge on any atom is 0.223 e. The first-order valence-corrected chi connectivity index (χ1v) is 6.34. The second-order valence-electron chi connectivity index (χ2n) is 4.60. The number of nitrogens with zero attached hydrogens (tertiary/aromatic N) is 4. The molecule has 0 atom stereocenters. The third kappa shape index (κ3) is 2.81. The molecule has 0 saturated heterocycles. The third-order valence-electron chi connectivity index (χ3n) is 2.94. The van der Waals surface area contributed by atoms with Crippen LogP contribution in [0.4, 0.5) is 11.6 Å². The van der Waals surface area contributed by atoms with Gasteiger partial charge >= 0.3 is 0 Å². The van der Waals surface area contributed by atoms with E-state index in [2.05, 4.69) is 30.7 Å². The van der Waals surface area contributed by atoms with Crippen LogP contribution in [-0.4, -0.2) is 27.2 Å². The molecule has 0 unspecified atom stereocenters. The van der Waals surface area contributed by atoms with Crippen LogP contribution in [-0.2, 0) is 6.54 Å². The van der Waals surface area contributed by atoms with Crippen molar-refractivity contribution in [2.45, 2.75) is 32.2 Å². The second kappa shape index (κ2) is 4.83. The van der Waals surface area contributed by atoms with Gasteiger partial charge in [0.25, 0.3) is 0 Å². The Balaban J connectivity index is 1.74. The third-order valence-corrected chi connectivity index (χ3v) is 2.94. The fraction of sp³-hybridized carbons (Fsp3) is 0.500. The zero-order chi connectivity index (χ0) is 13.2. The standard InChI is InChI=1S/C12H16N6O/c1-7-15-11(18-19-7)6-14-10-5-9(13-2)16-12(17-10)8-3-4-8/h5,8H,3-4,6H2,1-2H3,(H2,13,14,16,17). The number of anilines is 2. The fourth-order valence-electron chi connectivity index (χ4n) is 1.79. The summed E-state index contributed by atoms with van der Waals surface area (Å²) >= 11 is 0. The van der Waals surface area contributed by atoms with Crippen LogP contribution >= 0.6 is 0 Å². The quantitative estimate of drug-likeness (QED) is 0.845. The Bertz CT molecular complexity index is 577. The van der Waals surface area contributed by atoms with Crippen LogP contribution in [0.2, 0.25) is 0 Å². The predicted octanol–water partition coefficient (Wildman–Crippen LogP) is 1.70. The topological polar surface area (TPSA) is 88.8 Å². The van der Waals surface area contributed by atoms with Gasteiger partial charge in [0.15, 0.2) is 5.82 Å². The summed E-state index contributed by atoms with van der Waals surface area (Å²) in [5.41, 5.74) is 0. The SMILES string of the molecule is CNc1cc(NCc2noc(C)n2)nc(C2CC2)n1. The lowest BCUT2D eigenvalue weighted by Gasteiger charge is -2.08. The highest BCUT2D eigenvalue weighted by atomic mass is 16.5. The summed E-state index contributed by atoms with van der Waals surface area (Å²) in [6, 6.07) is 1.87. The zero-order valence-corrected chi connectivity index (χ0v) is 11.0. The Labute approximate surface area is 110 Å². The van der Waals surface area contributed by atoms with E-state index in [1.54, 1.807) is 6.92 Å². The van der Waals surface area contributed by atoms with Crippen LogP contribution in [0.1, 0.15) is 36.3 Å². The molecule has 1 saturated carbocycles. The maximum absolute atomic E-state index is 4.92. The molecule has 0 amide bonds. The van der Waals surface area contributed by atoms with E-state index in [-0.39, 0.29) is 0 Å². The van der Waals surface area contributed by atoms with Gasteiger partial charge in [-0.1, -0.05) is 5.16 Å². The van der Waals surface area contributed by atoms with Crippen molar-refractivity contribution >= 4 is 11.6 Å². The smallest absolute Gasteiger partial charge is 0.223 e. The van der Waals surface area contributed by atoms with Crippen LogP contribution in [0, 0.1) is 6.92 Å². The molecule has 0 bridgehead atoms. The van der Waals surface area contributed by atoms with E-state index in [0.717, 1.165) is 17.5 Å². The monoisotopic (exact) mass is 260 g/mol. The molecule has 3 rings (SSSR count). The summed E-state index contributed by atoms with van der Waals surface area (Å²) in [5.74, 6) is 4.21. The van der Waals surface area contributed by atoms with Gasteiger partial charge in [-0.3, -0.25) is 0 Å². The summed E-state index contributed by atoms with van der Waals surface area (Å²) < 4.78 is 4.92. The number of hydrogen-bond donors (Lipinski definition) is 2. The van der Waals surface area contributed by atoms with E-state index < -0.39 is 0 Å². The molecule has 1 fully saturated rings. The number of nitrogens with one attached hydrogen (secondary N) is 2. The molecular formula is C12H16N6O. The van der Waals surface area contributed by atoms with Crippen molar-refractivity contribution in [3.8, 4) is 0 Å². The van der Waals surface area contributed by atoms with E-state index in [1.165, 1.54) is 12.8 Å². The highest BCUT2D eigenvalue weighted by Gasteiger charge is 2.27. The van der Waals surface area contributed by atoms with E-state index in [1.807, 2.05) is 13.1 Å². The summed E-state index contributed by atoms with van der Waals surface area (Å²) in [4.78, 5) is 13.1. The Kier molecular flexibility index (Phi) is 3.02. The van der Waals surface area contributed by atoms with Crippen LogP contribution < -0.4 is 10.6 Å². The van der Waals surface area contributed by atoms with Crippen molar-refractivity contribution in [3.05, 3.63) is 23.6 Å². The molecule has 1 aliphatic carbocycles. The summed E-state index contributed by atoms with van der Waals surface area (Å²) in [6.45, 7) is 2.26. The van der Waals surface area contributed by atoms with Crippen molar-refractivity contribution in [1.29, 1.82) is 0 Å². The Morgan fingerprint density at radius 1 is 1.26 bits per heavy atom. The van der Waals surface area contributed by atoms with Crippen molar-refractivity contribution in [1.82, 2.24) is 20.1 Å². The molecule has 2 N–H and O–H groups in total. The van der Waals surface area contributed by atoms with E-state index in [4.69, 9.17) is 4.52 Å². The van der Waals surface area contributed by atoms with Gasteiger partial charge in [0.2, 0.25) is 5.89 Å². The number of hydrogen-bond acceptors (Lipinski definition) is 7. The molecule has 7 heteroatoms. The van der Waals surface area contributed by atoms with Gasteiger partial charge in [-0.2, -0.15) is 4.98 Å². The van der Waals surface area contributed by atoms with Gasteiger partial charge in [-0.25, -0.2) is 9.97 Å². The minimum absolute atomic E-state index is 0.488. The predicted molar refractivity (Wildman–Crippen MR) is 69.9 cm³/mol. The molecule has 19 heavy (non-hydrogen) atoms. The van der Waals surface area contributed by atoms with Crippen molar-refractivity contribution in [2.24, 2.45) is 0 Å². The average Bonchev–Trinajstić information content (AvgIpc) is 3.19. The van der Waals surface area contributed by atoms with Crippen LogP contribution in [0.3, 0.4) is 0 Å². The molecule has 7 nitrogen and oxygen atoms in total. The largest absolute Gasteiger partial charge is 0.373 e. The maximum atomic E-state index is 4.92. The minimum Gasteiger partial charge on any atom is -0.373 e. The summed E-state index contributed by atoms with van der Waals surface area (Å²) in [6.07, 6.45) is 2.35. The van der Waals surface area contributed by atoms with Crippen molar-refractivity contribution in [3.63, 3.8) is 0 Å². The molecule has 0 radical (unpaired) electrons. The zero-order valence-electron chi connectivity index (χ0n) is 11.0. The van der Waals surface area contributed by atoms with Gasteiger partial charge in [-0.05, 0) is 12.8 Å². The second-order valence-corrected chi connectivity index (χ2v) is 4.60. The molecule has 2 heterocycles. The molecule has 0 aromatic carbocycles. The highest BCUT2D eigenvalue weighted by Crippen LogP contribution is 2.38. The van der Waals surface area contributed by atoms with Crippen molar-refractivity contribution in [2.75, 3.05) is 17.7 Å². The van der Waals surface area contributed by atoms with Gasteiger partial charge in [0.05, 0.1) is 6.54 Å². The van der Waals surface area contributed by atoms with Gasteiger partial charge in [0, 0.05) is 26.0 Å². The van der Waals surface area contributed by atoms with Crippen molar-refractivity contribution < 1.29 is 4.52 Å².